The van der Waals surface area contributed by atoms with Crippen molar-refractivity contribution in [3.8, 4) is 0 Å². The molecule has 0 saturated carbocycles. The third-order valence-corrected chi connectivity index (χ3v) is 4.35. The summed E-state index contributed by atoms with van der Waals surface area (Å²) in [6.07, 6.45) is 0. The van der Waals surface area contributed by atoms with Gasteiger partial charge in [-0.05, 0) is 31.3 Å². The van der Waals surface area contributed by atoms with E-state index < -0.39 is 0 Å². The number of carbonyl (C=O) groups excluding carboxylic acids is 1. The van der Waals surface area contributed by atoms with E-state index in [9.17, 15) is 4.79 Å². The number of hydrogen-bond acceptors (Lipinski definition) is 3. The first-order valence-electron chi connectivity index (χ1n) is 7.35. The third kappa shape index (κ3) is 2.97. The molecule has 3 rings (SSSR count). The second-order valence-electron chi connectivity index (χ2n) is 5.78. The minimum absolute atomic E-state index is 0.0162. The molecule has 0 radical (unpaired) electrons. The van der Waals surface area contributed by atoms with E-state index >= 15 is 0 Å². The number of likely N-dealkylation sites (N-methyl/N-ethyl adjacent to an activating group) is 1. The fourth-order valence-electron chi connectivity index (χ4n) is 2.99. The molecule has 1 aliphatic rings. The molecule has 1 amide bonds. The lowest BCUT2D eigenvalue weighted by molar-refractivity contribution is 0.0268. The minimum Gasteiger partial charge on any atom is -0.382 e. The first-order valence-corrected chi connectivity index (χ1v) is 7.73. The number of piperazine rings is 1. The van der Waals surface area contributed by atoms with Crippen molar-refractivity contribution in [3.05, 3.63) is 35.0 Å². The number of carbonyl (C=O) groups is 1. The molecule has 6 heteroatoms. The quantitative estimate of drug-likeness (QED) is 0.943. The molecule has 1 saturated heterocycles. The van der Waals surface area contributed by atoms with Crippen LogP contribution in [0.25, 0.3) is 10.9 Å². The van der Waals surface area contributed by atoms with Crippen LogP contribution in [0, 0.1) is 0 Å². The second-order valence-corrected chi connectivity index (χ2v) is 6.22. The number of benzene rings is 1. The number of nitrogens with one attached hydrogen (secondary N) is 1. The minimum atomic E-state index is 0.0162. The van der Waals surface area contributed by atoms with Crippen molar-refractivity contribution in [2.75, 3.05) is 40.4 Å². The summed E-state index contributed by atoms with van der Waals surface area (Å²) in [5.74, 6) is 0.0162. The SMILES string of the molecule is COCC1CN(C)CCN1C(=O)c1cc2cc(Cl)ccc2[nH]1. The van der Waals surface area contributed by atoms with E-state index in [0.717, 1.165) is 24.0 Å². The summed E-state index contributed by atoms with van der Waals surface area (Å²) in [5.41, 5.74) is 1.52. The molecular weight excluding hydrogens is 302 g/mol. The molecular formula is C16H20ClN3O2. The van der Waals surface area contributed by atoms with Crippen LogP contribution in [-0.2, 0) is 4.74 Å². The first-order chi connectivity index (χ1) is 10.6. The van der Waals surface area contributed by atoms with Crippen LogP contribution >= 0.6 is 11.6 Å². The van der Waals surface area contributed by atoms with Gasteiger partial charge in [0.15, 0.2) is 0 Å². The van der Waals surface area contributed by atoms with Crippen LogP contribution in [-0.4, -0.2) is 67.1 Å². The number of methoxy groups -OCH3 is 1. The predicted molar refractivity (Wildman–Crippen MR) is 87.5 cm³/mol. The molecule has 22 heavy (non-hydrogen) atoms. The lowest BCUT2D eigenvalue weighted by Gasteiger charge is -2.39. The number of aromatic amines is 1. The summed E-state index contributed by atoms with van der Waals surface area (Å²) in [4.78, 5) is 20.1. The summed E-state index contributed by atoms with van der Waals surface area (Å²) < 4.78 is 5.27. The highest BCUT2D eigenvalue weighted by molar-refractivity contribution is 6.31. The van der Waals surface area contributed by atoms with E-state index in [4.69, 9.17) is 16.3 Å². The number of hydrogen-bond donors (Lipinski definition) is 1. The van der Waals surface area contributed by atoms with Gasteiger partial charge in [0.25, 0.3) is 5.91 Å². The Morgan fingerprint density at radius 3 is 3.00 bits per heavy atom. The fourth-order valence-corrected chi connectivity index (χ4v) is 3.17. The molecule has 1 fully saturated rings. The summed E-state index contributed by atoms with van der Waals surface area (Å²) in [6.45, 7) is 2.95. The molecule has 118 valence electrons. The number of nitrogens with zero attached hydrogens (tertiary/aromatic N) is 2. The van der Waals surface area contributed by atoms with E-state index in [1.165, 1.54) is 0 Å². The predicted octanol–water partition coefficient (Wildman–Crippen LogP) is 2.22. The van der Waals surface area contributed by atoms with Crippen molar-refractivity contribution >= 4 is 28.4 Å². The topological polar surface area (TPSA) is 48.6 Å². The number of halogens is 1. The lowest BCUT2D eigenvalue weighted by atomic mass is 10.1. The summed E-state index contributed by atoms with van der Waals surface area (Å²) in [7, 11) is 3.73. The number of aromatic nitrogens is 1. The van der Waals surface area contributed by atoms with Crippen LogP contribution < -0.4 is 0 Å². The Morgan fingerprint density at radius 1 is 1.41 bits per heavy atom. The number of fused-ring (bicyclic) bond motifs is 1. The Kier molecular flexibility index (Phi) is 4.38. The van der Waals surface area contributed by atoms with Gasteiger partial charge in [0.2, 0.25) is 0 Å². The van der Waals surface area contributed by atoms with E-state index in [0.29, 0.717) is 23.9 Å². The van der Waals surface area contributed by atoms with E-state index in [-0.39, 0.29) is 11.9 Å². The van der Waals surface area contributed by atoms with Crippen LogP contribution in [0.3, 0.4) is 0 Å². The molecule has 1 aliphatic heterocycles. The van der Waals surface area contributed by atoms with Gasteiger partial charge in [0.05, 0.1) is 12.6 Å². The van der Waals surface area contributed by atoms with Crippen molar-refractivity contribution in [1.82, 2.24) is 14.8 Å². The summed E-state index contributed by atoms with van der Waals surface area (Å²) in [6, 6.07) is 7.52. The number of ether oxygens (including phenoxy) is 1. The monoisotopic (exact) mass is 321 g/mol. The zero-order valence-electron chi connectivity index (χ0n) is 12.8. The molecule has 1 aromatic carbocycles. The van der Waals surface area contributed by atoms with Gasteiger partial charge >= 0.3 is 0 Å². The van der Waals surface area contributed by atoms with E-state index in [1.54, 1.807) is 7.11 Å². The van der Waals surface area contributed by atoms with Crippen LogP contribution in [0.4, 0.5) is 0 Å². The molecule has 1 unspecified atom stereocenters. The Bertz CT molecular complexity index is 685. The van der Waals surface area contributed by atoms with Gasteiger partial charge in [-0.1, -0.05) is 11.6 Å². The lowest BCUT2D eigenvalue weighted by Crippen LogP contribution is -2.55. The molecule has 0 bridgehead atoms. The first kappa shape index (κ1) is 15.3. The molecule has 1 atom stereocenters. The maximum absolute atomic E-state index is 12.8. The Labute approximate surface area is 134 Å². The Hall–Kier alpha value is -1.56. The maximum atomic E-state index is 12.8. The van der Waals surface area contributed by atoms with Gasteiger partial charge in [-0.2, -0.15) is 0 Å². The molecule has 5 nitrogen and oxygen atoms in total. The summed E-state index contributed by atoms with van der Waals surface area (Å²) >= 11 is 6.01. The van der Waals surface area contributed by atoms with Gasteiger partial charge in [-0.25, -0.2) is 0 Å². The Balaban J connectivity index is 1.86. The number of H-pyrrole nitrogens is 1. The highest BCUT2D eigenvalue weighted by Gasteiger charge is 2.30. The van der Waals surface area contributed by atoms with Crippen LogP contribution in [0.2, 0.25) is 5.02 Å². The zero-order valence-corrected chi connectivity index (χ0v) is 13.6. The standard InChI is InChI=1S/C16H20ClN3O2/c1-19-5-6-20(13(9-19)10-22-2)16(21)15-8-11-7-12(17)3-4-14(11)18-15/h3-4,7-8,13,18H,5-6,9-10H2,1-2H3. The van der Waals surface area contributed by atoms with E-state index in [2.05, 4.69) is 16.9 Å². The van der Waals surface area contributed by atoms with Gasteiger partial charge < -0.3 is 19.5 Å². The van der Waals surface area contributed by atoms with Gasteiger partial charge in [-0.3, -0.25) is 4.79 Å². The van der Waals surface area contributed by atoms with Crippen LogP contribution in [0.5, 0.6) is 0 Å². The molecule has 2 aromatic rings. The van der Waals surface area contributed by atoms with E-state index in [1.807, 2.05) is 29.2 Å². The van der Waals surface area contributed by atoms with Gasteiger partial charge in [-0.15, -0.1) is 0 Å². The normalized spacial score (nSPS) is 19.8. The molecule has 1 aromatic heterocycles. The highest BCUT2D eigenvalue weighted by atomic mass is 35.5. The van der Waals surface area contributed by atoms with Crippen molar-refractivity contribution < 1.29 is 9.53 Å². The number of amides is 1. The van der Waals surface area contributed by atoms with Gasteiger partial charge in [0, 0.05) is 42.7 Å². The Morgan fingerprint density at radius 2 is 2.23 bits per heavy atom. The molecule has 1 N–H and O–H groups in total. The largest absolute Gasteiger partial charge is 0.382 e. The average molecular weight is 322 g/mol. The van der Waals surface area contributed by atoms with Crippen LogP contribution in [0.15, 0.2) is 24.3 Å². The fraction of sp³-hybridized carbons (Fsp3) is 0.438. The van der Waals surface area contributed by atoms with Gasteiger partial charge in [0.1, 0.15) is 5.69 Å². The average Bonchev–Trinajstić information content (AvgIpc) is 2.90. The highest BCUT2D eigenvalue weighted by Crippen LogP contribution is 2.22. The molecule has 0 aliphatic carbocycles. The summed E-state index contributed by atoms with van der Waals surface area (Å²) in [5, 5.41) is 1.62. The van der Waals surface area contributed by atoms with Crippen molar-refractivity contribution in [1.29, 1.82) is 0 Å². The van der Waals surface area contributed by atoms with Crippen molar-refractivity contribution in [2.45, 2.75) is 6.04 Å². The zero-order chi connectivity index (χ0) is 15.7. The molecule has 0 spiro atoms. The maximum Gasteiger partial charge on any atom is 0.270 e. The molecule has 2 heterocycles. The smallest absolute Gasteiger partial charge is 0.270 e. The third-order valence-electron chi connectivity index (χ3n) is 4.12. The van der Waals surface area contributed by atoms with Crippen molar-refractivity contribution in [3.63, 3.8) is 0 Å². The van der Waals surface area contributed by atoms with Crippen molar-refractivity contribution in [2.24, 2.45) is 0 Å². The second kappa shape index (κ2) is 6.28. The number of rotatable bonds is 3. The van der Waals surface area contributed by atoms with Crippen LogP contribution in [0.1, 0.15) is 10.5 Å².